The van der Waals surface area contributed by atoms with E-state index in [-0.39, 0.29) is 29.8 Å². The lowest BCUT2D eigenvalue weighted by molar-refractivity contribution is 0.572. The van der Waals surface area contributed by atoms with Crippen LogP contribution < -0.4 is 10.6 Å². The molecule has 0 aliphatic heterocycles. The lowest BCUT2D eigenvalue weighted by Crippen LogP contribution is -2.36. The summed E-state index contributed by atoms with van der Waals surface area (Å²) in [5.74, 6) is 0.892. The number of nitrogens with one attached hydrogen (secondary N) is 2. The van der Waals surface area contributed by atoms with Gasteiger partial charge >= 0.3 is 0 Å². The number of aliphatic imine (C=N–C) groups is 1. The van der Waals surface area contributed by atoms with Gasteiger partial charge in [-0.1, -0.05) is 34.1 Å². The molecule has 3 aromatic rings. The fraction of sp³-hybridized carbons (Fsp3) is 0.158. The van der Waals surface area contributed by atoms with Gasteiger partial charge in [0.05, 0.1) is 12.2 Å². The van der Waals surface area contributed by atoms with Gasteiger partial charge in [-0.2, -0.15) is 0 Å². The molecule has 0 amide bonds. The van der Waals surface area contributed by atoms with E-state index in [4.69, 9.17) is 4.42 Å². The van der Waals surface area contributed by atoms with Crippen molar-refractivity contribution in [3.05, 3.63) is 76.3 Å². The van der Waals surface area contributed by atoms with Gasteiger partial charge in [0, 0.05) is 23.6 Å². The number of oxazole rings is 1. The molecule has 0 radical (unpaired) electrons. The molecule has 2 N–H and O–H groups in total. The van der Waals surface area contributed by atoms with Gasteiger partial charge in [0.1, 0.15) is 12.1 Å². The highest BCUT2D eigenvalue weighted by Crippen LogP contribution is 2.18. The maximum atomic E-state index is 13.4. The lowest BCUT2D eigenvalue weighted by Gasteiger charge is -2.12. The van der Waals surface area contributed by atoms with Gasteiger partial charge in [-0.05, 0) is 35.9 Å². The molecule has 142 valence electrons. The summed E-state index contributed by atoms with van der Waals surface area (Å²) in [6.07, 6.45) is 1.62. The average molecular weight is 545 g/mol. The van der Waals surface area contributed by atoms with Gasteiger partial charge in [-0.15, -0.1) is 24.0 Å². The summed E-state index contributed by atoms with van der Waals surface area (Å²) in [6.45, 7) is 0.895. The number of guanidine groups is 1. The van der Waals surface area contributed by atoms with Crippen LogP contribution in [0.5, 0.6) is 0 Å². The van der Waals surface area contributed by atoms with Crippen molar-refractivity contribution in [1.82, 2.24) is 15.6 Å². The minimum atomic E-state index is -0.274. The van der Waals surface area contributed by atoms with E-state index in [0.717, 1.165) is 21.3 Å². The van der Waals surface area contributed by atoms with Gasteiger partial charge in [0.2, 0.25) is 5.89 Å². The summed E-state index contributed by atoms with van der Waals surface area (Å²) in [5, 5.41) is 6.31. The first-order valence-electron chi connectivity index (χ1n) is 8.04. The zero-order valence-corrected chi connectivity index (χ0v) is 18.5. The fourth-order valence-electron chi connectivity index (χ4n) is 2.35. The van der Waals surface area contributed by atoms with Gasteiger partial charge in [0.25, 0.3) is 0 Å². The van der Waals surface area contributed by atoms with Crippen molar-refractivity contribution >= 4 is 45.9 Å². The molecule has 1 heterocycles. The molecule has 3 rings (SSSR count). The first-order valence-corrected chi connectivity index (χ1v) is 8.83. The van der Waals surface area contributed by atoms with Crippen molar-refractivity contribution < 1.29 is 8.81 Å². The van der Waals surface area contributed by atoms with Crippen LogP contribution in [0.1, 0.15) is 11.3 Å². The molecule has 5 nitrogen and oxygen atoms in total. The third-order valence-electron chi connectivity index (χ3n) is 3.69. The van der Waals surface area contributed by atoms with Crippen molar-refractivity contribution in [1.29, 1.82) is 0 Å². The Balaban J connectivity index is 0.00000261. The first kappa shape index (κ1) is 21.4. The van der Waals surface area contributed by atoms with Crippen LogP contribution >= 0.6 is 39.9 Å². The SMILES string of the molecule is CN=C(NCc1coc(-c2ccccc2)n1)NCc1cc(F)ccc1Br.I. The molecule has 2 aromatic carbocycles. The van der Waals surface area contributed by atoms with Crippen molar-refractivity contribution in [2.24, 2.45) is 4.99 Å². The van der Waals surface area contributed by atoms with Crippen molar-refractivity contribution in [3.8, 4) is 11.5 Å². The summed E-state index contributed by atoms with van der Waals surface area (Å²) >= 11 is 3.41. The molecule has 0 unspecified atom stereocenters. The van der Waals surface area contributed by atoms with Gasteiger partial charge < -0.3 is 15.1 Å². The van der Waals surface area contributed by atoms with Crippen LogP contribution in [0.4, 0.5) is 4.39 Å². The minimum Gasteiger partial charge on any atom is -0.444 e. The van der Waals surface area contributed by atoms with Crippen molar-refractivity contribution in [2.75, 3.05) is 7.05 Å². The Labute approximate surface area is 182 Å². The second-order valence-electron chi connectivity index (χ2n) is 5.53. The molecule has 0 bridgehead atoms. The van der Waals surface area contributed by atoms with Crippen LogP contribution in [-0.2, 0) is 13.1 Å². The smallest absolute Gasteiger partial charge is 0.226 e. The Morgan fingerprint density at radius 3 is 2.63 bits per heavy atom. The standard InChI is InChI=1S/C19H18BrFN4O.HI/c1-22-19(23-10-14-9-15(21)7-8-17(14)20)24-11-16-12-26-18(25-16)13-5-3-2-4-6-13;/h2-9,12H,10-11H2,1H3,(H2,22,23,24);1H. The number of nitrogens with zero attached hydrogens (tertiary/aromatic N) is 2. The van der Waals surface area contributed by atoms with Crippen LogP contribution in [0.15, 0.2) is 68.7 Å². The molecule has 0 saturated carbocycles. The zero-order chi connectivity index (χ0) is 18.4. The van der Waals surface area contributed by atoms with Crippen molar-refractivity contribution in [3.63, 3.8) is 0 Å². The van der Waals surface area contributed by atoms with Crippen LogP contribution in [-0.4, -0.2) is 18.0 Å². The Hall–Kier alpha value is -1.94. The second kappa shape index (κ2) is 10.4. The molecule has 0 fully saturated rings. The van der Waals surface area contributed by atoms with E-state index < -0.39 is 0 Å². The first-order chi connectivity index (χ1) is 12.7. The molecule has 0 aliphatic rings. The van der Waals surface area contributed by atoms with Crippen LogP contribution in [0.3, 0.4) is 0 Å². The summed E-state index contributed by atoms with van der Waals surface area (Å²) in [6, 6.07) is 14.3. The predicted molar refractivity (Wildman–Crippen MR) is 118 cm³/mol. The molecular formula is C19H19BrFIN4O. The summed E-state index contributed by atoms with van der Waals surface area (Å²) < 4.78 is 19.7. The number of rotatable bonds is 5. The van der Waals surface area contributed by atoms with E-state index in [0.29, 0.717) is 24.9 Å². The maximum Gasteiger partial charge on any atom is 0.226 e. The highest BCUT2D eigenvalue weighted by atomic mass is 127. The Kier molecular flexibility index (Phi) is 8.23. The largest absolute Gasteiger partial charge is 0.444 e. The van der Waals surface area contributed by atoms with Gasteiger partial charge in [0.15, 0.2) is 5.96 Å². The van der Waals surface area contributed by atoms with Gasteiger partial charge in [-0.3, -0.25) is 4.99 Å². The highest BCUT2D eigenvalue weighted by molar-refractivity contribution is 14.0. The topological polar surface area (TPSA) is 62.5 Å². The lowest BCUT2D eigenvalue weighted by atomic mass is 10.2. The molecule has 0 saturated heterocycles. The number of hydrogen-bond donors (Lipinski definition) is 2. The Bertz CT molecular complexity index is 902. The van der Waals surface area contributed by atoms with E-state index in [1.807, 2.05) is 30.3 Å². The third-order valence-corrected chi connectivity index (χ3v) is 4.46. The van der Waals surface area contributed by atoms with Crippen LogP contribution in [0.25, 0.3) is 11.5 Å². The highest BCUT2D eigenvalue weighted by Gasteiger charge is 2.08. The molecule has 0 atom stereocenters. The van der Waals surface area contributed by atoms with Crippen molar-refractivity contribution in [2.45, 2.75) is 13.1 Å². The molecule has 0 spiro atoms. The zero-order valence-electron chi connectivity index (χ0n) is 14.6. The van der Waals surface area contributed by atoms with Crippen LogP contribution in [0.2, 0.25) is 0 Å². The van der Waals surface area contributed by atoms with E-state index >= 15 is 0 Å². The second-order valence-corrected chi connectivity index (χ2v) is 6.38. The molecular weight excluding hydrogens is 526 g/mol. The minimum absolute atomic E-state index is 0. The number of halogens is 3. The number of aromatic nitrogens is 1. The van der Waals surface area contributed by atoms with E-state index in [1.54, 1.807) is 19.4 Å². The number of hydrogen-bond acceptors (Lipinski definition) is 3. The number of benzene rings is 2. The average Bonchev–Trinajstić information content (AvgIpc) is 3.14. The van der Waals surface area contributed by atoms with Gasteiger partial charge in [-0.25, -0.2) is 9.37 Å². The van der Waals surface area contributed by atoms with E-state index in [2.05, 4.69) is 36.5 Å². The molecule has 8 heteroatoms. The maximum absolute atomic E-state index is 13.4. The van der Waals surface area contributed by atoms with E-state index in [1.165, 1.54) is 12.1 Å². The fourth-order valence-corrected chi connectivity index (χ4v) is 2.74. The summed E-state index contributed by atoms with van der Waals surface area (Å²) in [5.41, 5.74) is 2.50. The Morgan fingerprint density at radius 2 is 1.89 bits per heavy atom. The van der Waals surface area contributed by atoms with Crippen LogP contribution in [0, 0.1) is 5.82 Å². The normalized spacial score (nSPS) is 11.0. The predicted octanol–water partition coefficient (Wildman–Crippen LogP) is 4.73. The van der Waals surface area contributed by atoms with E-state index in [9.17, 15) is 4.39 Å². The molecule has 1 aromatic heterocycles. The monoisotopic (exact) mass is 544 g/mol. The molecule has 0 aliphatic carbocycles. The quantitative estimate of drug-likeness (QED) is 0.277. The summed E-state index contributed by atoms with van der Waals surface area (Å²) in [7, 11) is 1.67. The summed E-state index contributed by atoms with van der Waals surface area (Å²) in [4.78, 5) is 8.62. The third kappa shape index (κ3) is 6.03. The Morgan fingerprint density at radius 1 is 1.15 bits per heavy atom. The molecule has 27 heavy (non-hydrogen) atoms.